The molecule has 0 aliphatic rings. The van der Waals surface area contributed by atoms with Crippen LogP contribution in [0.2, 0.25) is 0 Å². The largest absolute Gasteiger partial charge is 0.335 e. The molecule has 1 amide bonds. The topological polar surface area (TPSA) is 102 Å². The number of rotatable bonds is 4. The first-order valence-corrected chi connectivity index (χ1v) is 8.06. The van der Waals surface area contributed by atoms with Crippen LogP contribution in [0.15, 0.2) is 35.1 Å². The first-order valence-electron chi connectivity index (χ1n) is 7.24. The number of para-hydroxylation sites is 1. The van der Waals surface area contributed by atoms with Gasteiger partial charge in [0.05, 0.1) is 6.42 Å². The number of hydrazine groups is 1. The lowest BCUT2D eigenvalue weighted by atomic mass is 10.1. The zero-order valence-electron chi connectivity index (χ0n) is 12.9. The summed E-state index contributed by atoms with van der Waals surface area (Å²) in [5.41, 5.74) is 7.15. The summed E-state index contributed by atoms with van der Waals surface area (Å²) in [6.07, 6.45) is 0.828. The Hall–Kier alpha value is -2.52. The van der Waals surface area contributed by atoms with Crippen LogP contribution in [-0.2, 0) is 17.6 Å². The highest BCUT2D eigenvalue weighted by Crippen LogP contribution is 2.14. The molecule has 9 heteroatoms. The molecule has 0 spiro atoms. The number of carbonyl (C=O) groups is 1. The van der Waals surface area contributed by atoms with Crippen LogP contribution in [0, 0.1) is 4.77 Å². The normalized spacial score (nSPS) is 10.0. The Morgan fingerprint density at radius 1 is 1.21 bits per heavy atom. The van der Waals surface area contributed by atoms with E-state index in [1.54, 1.807) is 0 Å². The molecule has 0 aliphatic carbocycles. The number of hydrogen-bond donors (Lipinski definition) is 5. The van der Waals surface area contributed by atoms with Crippen LogP contribution < -0.4 is 21.7 Å². The van der Waals surface area contributed by atoms with E-state index < -0.39 is 0 Å². The minimum Gasteiger partial charge on any atom is -0.335 e. The molecular weight excluding hydrogens is 346 g/mol. The van der Waals surface area contributed by atoms with Gasteiger partial charge in [0.25, 0.3) is 5.56 Å². The second kappa shape index (κ2) is 8.37. The summed E-state index contributed by atoms with van der Waals surface area (Å²) >= 11 is 10.0. The number of H-pyrrole nitrogens is 2. The number of aryl methyl sites for hydroxylation is 1. The van der Waals surface area contributed by atoms with Crippen molar-refractivity contribution in [2.75, 3.05) is 5.32 Å². The molecule has 1 aromatic carbocycles. The Balaban J connectivity index is 1.88. The van der Waals surface area contributed by atoms with Gasteiger partial charge in [-0.3, -0.25) is 25.4 Å². The van der Waals surface area contributed by atoms with Gasteiger partial charge in [-0.2, -0.15) is 0 Å². The van der Waals surface area contributed by atoms with E-state index in [1.165, 1.54) is 6.07 Å². The highest BCUT2D eigenvalue weighted by atomic mass is 32.1. The first kappa shape index (κ1) is 17.8. The lowest BCUT2D eigenvalue weighted by Crippen LogP contribution is -2.44. The predicted molar refractivity (Wildman–Crippen MR) is 99.3 cm³/mol. The van der Waals surface area contributed by atoms with Crippen LogP contribution in [-0.4, -0.2) is 21.0 Å². The van der Waals surface area contributed by atoms with Crippen molar-refractivity contribution in [3.05, 3.63) is 56.7 Å². The van der Waals surface area contributed by atoms with Gasteiger partial charge in [0, 0.05) is 17.4 Å². The van der Waals surface area contributed by atoms with Crippen LogP contribution >= 0.6 is 24.4 Å². The smallest absolute Gasteiger partial charge is 0.251 e. The molecule has 0 radical (unpaired) electrons. The van der Waals surface area contributed by atoms with E-state index in [0.717, 1.165) is 17.7 Å². The SMILES string of the molecule is CCc1ccccc1NC(=S)NNC(=O)Cc1cc(=O)[nH]c(=S)[nH]1. The maximum absolute atomic E-state index is 11.9. The Kier molecular flexibility index (Phi) is 6.21. The van der Waals surface area contributed by atoms with Gasteiger partial charge >= 0.3 is 0 Å². The molecule has 5 N–H and O–H groups in total. The quantitative estimate of drug-likeness (QED) is 0.417. The zero-order chi connectivity index (χ0) is 17.5. The summed E-state index contributed by atoms with van der Waals surface area (Å²) in [7, 11) is 0. The monoisotopic (exact) mass is 363 g/mol. The lowest BCUT2D eigenvalue weighted by Gasteiger charge is -2.14. The van der Waals surface area contributed by atoms with Crippen molar-refractivity contribution in [2.24, 2.45) is 0 Å². The maximum Gasteiger partial charge on any atom is 0.251 e. The van der Waals surface area contributed by atoms with Crippen LogP contribution in [0.25, 0.3) is 0 Å². The summed E-state index contributed by atoms with van der Waals surface area (Å²) in [5.74, 6) is -0.362. The van der Waals surface area contributed by atoms with Gasteiger partial charge in [-0.25, -0.2) is 0 Å². The molecule has 0 unspecified atom stereocenters. The molecular formula is C15H17N5O2S2. The van der Waals surface area contributed by atoms with Gasteiger partial charge in [-0.15, -0.1) is 0 Å². The van der Waals surface area contributed by atoms with Crippen LogP contribution in [0.4, 0.5) is 5.69 Å². The van der Waals surface area contributed by atoms with Crippen LogP contribution in [0.5, 0.6) is 0 Å². The molecule has 1 heterocycles. The number of benzene rings is 1. The van der Waals surface area contributed by atoms with Crippen molar-refractivity contribution in [3.8, 4) is 0 Å². The standard InChI is InChI=1S/C15H17N5O2S2/c1-2-9-5-3-4-6-11(9)17-15(24)20-19-13(22)8-10-7-12(21)18-14(23)16-10/h3-7H,2,8H2,1H3,(H,19,22)(H2,17,20,24)(H2,16,18,21,23). The molecule has 0 atom stereocenters. The molecule has 0 bridgehead atoms. The van der Waals surface area contributed by atoms with Crippen molar-refractivity contribution < 1.29 is 4.79 Å². The molecule has 0 aliphatic heterocycles. The van der Waals surface area contributed by atoms with Gasteiger partial charge in [-0.05, 0) is 42.5 Å². The van der Waals surface area contributed by atoms with Gasteiger partial charge in [0.1, 0.15) is 0 Å². The highest BCUT2D eigenvalue weighted by Gasteiger charge is 2.06. The van der Waals surface area contributed by atoms with Gasteiger partial charge in [-0.1, -0.05) is 25.1 Å². The third-order valence-corrected chi connectivity index (χ3v) is 3.54. The lowest BCUT2D eigenvalue weighted by molar-refractivity contribution is -0.121. The number of hydrogen-bond acceptors (Lipinski definition) is 4. The Morgan fingerprint density at radius 2 is 1.96 bits per heavy atom. The molecule has 2 aromatic rings. The average molecular weight is 363 g/mol. The number of anilines is 1. The summed E-state index contributed by atoms with van der Waals surface area (Å²) in [4.78, 5) is 28.3. The van der Waals surface area contributed by atoms with Crippen LogP contribution in [0.1, 0.15) is 18.2 Å². The third-order valence-electron chi connectivity index (χ3n) is 3.13. The van der Waals surface area contributed by atoms with E-state index in [9.17, 15) is 9.59 Å². The van der Waals surface area contributed by atoms with E-state index in [0.29, 0.717) is 5.69 Å². The number of aromatic amines is 2. The summed E-state index contributed by atoms with van der Waals surface area (Å²) in [6, 6.07) is 9.04. The Bertz CT molecular complexity index is 831. The fraction of sp³-hybridized carbons (Fsp3) is 0.200. The van der Waals surface area contributed by atoms with Crippen molar-refractivity contribution in [1.82, 2.24) is 20.8 Å². The van der Waals surface area contributed by atoms with Gasteiger partial charge in [0.2, 0.25) is 5.91 Å². The molecule has 0 saturated heterocycles. The van der Waals surface area contributed by atoms with Crippen LogP contribution in [0.3, 0.4) is 0 Å². The number of carbonyl (C=O) groups excluding carboxylic acids is 1. The predicted octanol–water partition coefficient (Wildman–Crippen LogP) is 1.56. The number of thiocarbonyl (C=S) groups is 1. The summed E-state index contributed by atoms with van der Waals surface area (Å²) in [6.45, 7) is 2.05. The van der Waals surface area contributed by atoms with E-state index in [2.05, 4.69) is 26.1 Å². The van der Waals surface area contributed by atoms with E-state index >= 15 is 0 Å². The second-order valence-corrected chi connectivity index (χ2v) is 5.74. The third kappa shape index (κ3) is 5.28. The minimum absolute atomic E-state index is 0.0330. The zero-order valence-corrected chi connectivity index (χ0v) is 14.6. The number of aromatic nitrogens is 2. The summed E-state index contributed by atoms with van der Waals surface area (Å²) in [5, 5.41) is 3.29. The molecule has 7 nitrogen and oxygen atoms in total. The molecule has 126 valence electrons. The van der Waals surface area contributed by atoms with Crippen molar-refractivity contribution in [1.29, 1.82) is 0 Å². The number of nitrogens with one attached hydrogen (secondary N) is 5. The minimum atomic E-state index is -0.362. The highest BCUT2D eigenvalue weighted by molar-refractivity contribution is 7.80. The molecule has 0 fully saturated rings. The molecule has 0 saturated carbocycles. The van der Waals surface area contributed by atoms with E-state index in [-0.39, 0.29) is 27.8 Å². The van der Waals surface area contributed by atoms with Crippen molar-refractivity contribution in [3.63, 3.8) is 0 Å². The fourth-order valence-electron chi connectivity index (χ4n) is 2.06. The second-order valence-electron chi connectivity index (χ2n) is 4.93. The Morgan fingerprint density at radius 3 is 2.67 bits per heavy atom. The van der Waals surface area contributed by atoms with Crippen molar-refractivity contribution in [2.45, 2.75) is 19.8 Å². The summed E-state index contributed by atoms with van der Waals surface area (Å²) < 4.78 is 0.173. The average Bonchev–Trinajstić information content (AvgIpc) is 2.52. The van der Waals surface area contributed by atoms with Crippen molar-refractivity contribution >= 4 is 41.1 Å². The van der Waals surface area contributed by atoms with E-state index in [4.69, 9.17) is 24.4 Å². The fourth-order valence-corrected chi connectivity index (χ4v) is 2.46. The van der Waals surface area contributed by atoms with Gasteiger partial charge < -0.3 is 10.3 Å². The molecule has 24 heavy (non-hydrogen) atoms. The Labute approximate surface area is 148 Å². The maximum atomic E-state index is 11.9. The molecule has 2 rings (SSSR count). The first-order chi connectivity index (χ1) is 11.5. The van der Waals surface area contributed by atoms with Gasteiger partial charge in [0.15, 0.2) is 9.88 Å². The van der Waals surface area contributed by atoms with E-state index in [1.807, 2.05) is 31.2 Å². The molecule has 1 aromatic heterocycles. The number of amides is 1.